The van der Waals surface area contributed by atoms with Crippen LogP contribution in [0, 0.1) is 0 Å². The van der Waals surface area contributed by atoms with Crippen LogP contribution in [0.2, 0.25) is 0 Å². The van der Waals surface area contributed by atoms with Gasteiger partial charge in [-0.25, -0.2) is 4.99 Å². The smallest absolute Gasteiger partial charge is 0.319 e. The fourth-order valence-corrected chi connectivity index (χ4v) is 4.03. The molecule has 1 aromatic carbocycles. The van der Waals surface area contributed by atoms with E-state index >= 15 is 0 Å². The molecule has 0 unspecified atom stereocenters. The number of para-hydroxylation sites is 1. The zero-order chi connectivity index (χ0) is 11.7. The Bertz CT molecular complexity index is 487. The maximum atomic E-state index is 11.4. The molecule has 2 aliphatic heterocycles. The van der Waals surface area contributed by atoms with E-state index in [1.54, 1.807) is 11.8 Å². The first-order chi connectivity index (χ1) is 8.33. The van der Waals surface area contributed by atoms with E-state index < -0.39 is 0 Å². The number of thioether (sulfide) groups is 2. The molecule has 3 nitrogen and oxygen atoms in total. The number of aliphatic imine (C=N–C) groups is 1. The number of carbonyl (C=O) groups excluding carboxylic acids is 1. The number of carbonyl (C=O) groups is 1. The summed E-state index contributed by atoms with van der Waals surface area (Å²) < 4.78 is 5.93. The summed E-state index contributed by atoms with van der Waals surface area (Å²) >= 11 is 3.24. The number of esters is 1. The number of hydrogen-bond acceptors (Lipinski definition) is 5. The Labute approximate surface area is 108 Å². The van der Waals surface area contributed by atoms with Crippen LogP contribution in [0.5, 0.6) is 0 Å². The highest BCUT2D eigenvalue weighted by Crippen LogP contribution is 2.37. The van der Waals surface area contributed by atoms with Crippen molar-refractivity contribution in [2.75, 3.05) is 6.61 Å². The van der Waals surface area contributed by atoms with Gasteiger partial charge in [0.2, 0.25) is 0 Å². The summed E-state index contributed by atoms with van der Waals surface area (Å²) in [7, 11) is 0. The third-order valence-corrected chi connectivity index (χ3v) is 5.13. The van der Waals surface area contributed by atoms with E-state index in [0.29, 0.717) is 6.61 Å². The van der Waals surface area contributed by atoms with Gasteiger partial charge in [-0.15, -0.1) is 0 Å². The second kappa shape index (κ2) is 4.74. The van der Waals surface area contributed by atoms with Gasteiger partial charge >= 0.3 is 5.97 Å². The van der Waals surface area contributed by atoms with E-state index in [1.165, 1.54) is 17.3 Å². The van der Waals surface area contributed by atoms with Crippen LogP contribution in [0.15, 0.2) is 29.3 Å². The molecule has 17 heavy (non-hydrogen) atoms. The molecule has 0 radical (unpaired) electrons. The number of benzene rings is 1. The molecule has 1 aromatic rings. The van der Waals surface area contributed by atoms with Gasteiger partial charge in [0.05, 0.1) is 12.3 Å². The van der Waals surface area contributed by atoms with Crippen molar-refractivity contribution in [1.82, 2.24) is 0 Å². The molecule has 2 heterocycles. The number of fused-ring (bicyclic) bond motifs is 1. The Morgan fingerprint density at radius 3 is 3.12 bits per heavy atom. The first-order valence-corrected chi connectivity index (χ1v) is 7.32. The summed E-state index contributed by atoms with van der Waals surface area (Å²) in [5.74, 6) is 0.834. The van der Waals surface area contributed by atoms with Gasteiger partial charge in [0.15, 0.2) is 0 Å². The predicted octanol–water partition coefficient (Wildman–Crippen LogP) is 2.97. The van der Waals surface area contributed by atoms with E-state index in [9.17, 15) is 4.79 Å². The fourth-order valence-electron chi connectivity index (χ4n) is 1.78. The molecule has 1 fully saturated rings. The van der Waals surface area contributed by atoms with Crippen molar-refractivity contribution in [2.24, 2.45) is 4.99 Å². The van der Waals surface area contributed by atoms with E-state index in [1.807, 2.05) is 18.2 Å². The Morgan fingerprint density at radius 1 is 1.41 bits per heavy atom. The fraction of sp³-hybridized carbons (Fsp3) is 0.333. The van der Waals surface area contributed by atoms with Gasteiger partial charge in [0.25, 0.3) is 0 Å². The molecule has 2 aliphatic rings. The summed E-state index contributed by atoms with van der Waals surface area (Å²) in [5, 5.41) is -0.0634. The topological polar surface area (TPSA) is 38.7 Å². The molecular weight excluding hydrogens is 254 g/mol. The van der Waals surface area contributed by atoms with E-state index in [4.69, 9.17) is 4.74 Å². The second-order valence-electron chi connectivity index (χ2n) is 3.86. The van der Waals surface area contributed by atoms with E-state index in [-0.39, 0.29) is 11.2 Å². The van der Waals surface area contributed by atoms with Crippen LogP contribution in [0.1, 0.15) is 12.0 Å². The zero-order valence-electron chi connectivity index (χ0n) is 9.09. The highest BCUT2D eigenvalue weighted by molar-refractivity contribution is 8.39. The molecule has 1 saturated heterocycles. The Kier molecular flexibility index (Phi) is 3.11. The number of nitrogens with zero attached hydrogens (tertiary/aromatic N) is 1. The number of ether oxygens (including phenoxy) is 1. The van der Waals surface area contributed by atoms with Crippen molar-refractivity contribution in [3.05, 3.63) is 29.8 Å². The number of hydrogen-bond donors (Lipinski definition) is 0. The van der Waals surface area contributed by atoms with Crippen LogP contribution in [0.3, 0.4) is 0 Å². The minimum Gasteiger partial charge on any atom is -0.465 e. The number of rotatable bonds is 1. The Hall–Kier alpha value is -0.940. The molecule has 1 atom stereocenters. The Morgan fingerprint density at radius 2 is 2.29 bits per heavy atom. The molecule has 0 amide bonds. The Balaban J connectivity index is 1.77. The van der Waals surface area contributed by atoms with E-state index in [0.717, 1.165) is 22.2 Å². The third kappa shape index (κ3) is 2.35. The molecule has 0 spiro atoms. The van der Waals surface area contributed by atoms with Crippen molar-refractivity contribution < 1.29 is 9.53 Å². The molecule has 0 bridgehead atoms. The van der Waals surface area contributed by atoms with Crippen molar-refractivity contribution in [3.8, 4) is 0 Å². The molecule has 3 rings (SSSR count). The summed E-state index contributed by atoms with van der Waals surface area (Å²) in [6.07, 6.45) is 0.796. The van der Waals surface area contributed by atoms with Crippen LogP contribution >= 0.6 is 23.5 Å². The van der Waals surface area contributed by atoms with Crippen LogP contribution in [0.25, 0.3) is 0 Å². The van der Waals surface area contributed by atoms with Gasteiger partial charge in [-0.2, -0.15) is 0 Å². The maximum absolute atomic E-state index is 11.4. The lowest BCUT2D eigenvalue weighted by atomic mass is 10.2. The number of cyclic esters (lactones) is 1. The van der Waals surface area contributed by atoms with Gasteiger partial charge in [0.1, 0.15) is 9.63 Å². The SMILES string of the molecule is O=C1OCC[C@@H]1SC1=Nc2ccccc2CS1. The molecular formula is C12H11NO2S2. The molecule has 0 saturated carbocycles. The van der Waals surface area contributed by atoms with Gasteiger partial charge in [-0.05, 0) is 11.6 Å². The molecule has 0 aromatic heterocycles. The van der Waals surface area contributed by atoms with Crippen LogP contribution in [-0.4, -0.2) is 22.2 Å². The lowest BCUT2D eigenvalue weighted by Gasteiger charge is -2.15. The van der Waals surface area contributed by atoms with Crippen molar-refractivity contribution in [2.45, 2.75) is 17.4 Å². The van der Waals surface area contributed by atoms with Crippen molar-refractivity contribution in [3.63, 3.8) is 0 Å². The average Bonchev–Trinajstić information content (AvgIpc) is 2.75. The molecule has 0 aliphatic carbocycles. The first kappa shape index (κ1) is 11.2. The summed E-state index contributed by atoms with van der Waals surface area (Å²) in [5.41, 5.74) is 2.29. The van der Waals surface area contributed by atoms with E-state index in [2.05, 4.69) is 11.1 Å². The second-order valence-corrected chi connectivity index (χ2v) is 6.27. The highest BCUT2D eigenvalue weighted by atomic mass is 32.2. The standard InChI is InChI=1S/C12H11NO2S2/c14-11-10(5-6-15-11)17-12-13-9-4-2-1-3-8(9)7-16-12/h1-4,10H,5-7H2/t10-/m0/s1. The van der Waals surface area contributed by atoms with Gasteiger partial charge in [-0.1, -0.05) is 41.7 Å². The third-order valence-electron chi connectivity index (χ3n) is 2.68. The summed E-state index contributed by atoms with van der Waals surface area (Å²) in [4.78, 5) is 16.0. The summed E-state index contributed by atoms with van der Waals surface area (Å²) in [6, 6.07) is 8.13. The zero-order valence-corrected chi connectivity index (χ0v) is 10.7. The lowest BCUT2D eigenvalue weighted by molar-refractivity contribution is -0.137. The lowest BCUT2D eigenvalue weighted by Crippen LogP contribution is -2.12. The van der Waals surface area contributed by atoms with Crippen LogP contribution in [-0.2, 0) is 15.3 Å². The predicted molar refractivity (Wildman–Crippen MR) is 71.8 cm³/mol. The largest absolute Gasteiger partial charge is 0.465 e. The monoisotopic (exact) mass is 265 g/mol. The van der Waals surface area contributed by atoms with Gasteiger partial charge < -0.3 is 4.74 Å². The van der Waals surface area contributed by atoms with Gasteiger partial charge in [-0.3, -0.25) is 4.79 Å². The summed E-state index contributed by atoms with van der Waals surface area (Å²) in [6.45, 7) is 0.547. The van der Waals surface area contributed by atoms with Gasteiger partial charge in [0, 0.05) is 12.2 Å². The quantitative estimate of drug-likeness (QED) is 0.732. The highest BCUT2D eigenvalue weighted by Gasteiger charge is 2.29. The first-order valence-electron chi connectivity index (χ1n) is 5.45. The average molecular weight is 265 g/mol. The van der Waals surface area contributed by atoms with Crippen molar-refractivity contribution >= 4 is 39.6 Å². The minimum absolute atomic E-state index is 0.0634. The van der Waals surface area contributed by atoms with Crippen LogP contribution in [0.4, 0.5) is 5.69 Å². The molecule has 0 N–H and O–H groups in total. The maximum Gasteiger partial charge on any atom is 0.319 e. The molecule has 88 valence electrons. The van der Waals surface area contributed by atoms with Crippen molar-refractivity contribution in [1.29, 1.82) is 0 Å². The van der Waals surface area contributed by atoms with Crippen LogP contribution < -0.4 is 0 Å². The normalized spacial score (nSPS) is 22.9. The minimum atomic E-state index is -0.0999. The molecule has 5 heteroatoms.